The number of imidazole rings is 1. The molecule has 0 aliphatic rings. The van der Waals surface area contributed by atoms with Gasteiger partial charge in [-0.2, -0.15) is 0 Å². The van der Waals surface area contributed by atoms with Crippen LogP contribution in [0, 0.1) is 6.92 Å². The maximum atomic E-state index is 12.8. The van der Waals surface area contributed by atoms with Crippen LogP contribution in [0.25, 0.3) is 11.0 Å². The summed E-state index contributed by atoms with van der Waals surface area (Å²) >= 11 is 1.57. The van der Waals surface area contributed by atoms with Gasteiger partial charge >= 0.3 is 0 Å². The molecule has 1 N–H and O–H groups in total. The molecule has 0 aliphatic heterocycles. The maximum absolute atomic E-state index is 12.8. The first-order chi connectivity index (χ1) is 12.1. The average Bonchev–Trinajstić information content (AvgIpc) is 3.19. The van der Waals surface area contributed by atoms with Crippen molar-refractivity contribution in [2.75, 3.05) is 6.54 Å². The highest BCUT2D eigenvalue weighted by Crippen LogP contribution is 2.24. The van der Waals surface area contributed by atoms with Crippen LogP contribution in [0.4, 0.5) is 0 Å². The van der Waals surface area contributed by atoms with E-state index in [-0.39, 0.29) is 11.9 Å². The Morgan fingerprint density at radius 3 is 2.76 bits per heavy atom. The van der Waals surface area contributed by atoms with Crippen molar-refractivity contribution in [2.24, 2.45) is 0 Å². The van der Waals surface area contributed by atoms with Crippen molar-refractivity contribution in [3.05, 3.63) is 40.1 Å². The highest BCUT2D eigenvalue weighted by atomic mass is 32.1. The molecule has 0 radical (unpaired) electrons. The van der Waals surface area contributed by atoms with Crippen molar-refractivity contribution in [1.82, 2.24) is 25.1 Å². The van der Waals surface area contributed by atoms with E-state index in [4.69, 9.17) is 0 Å². The molecule has 3 aromatic rings. The van der Waals surface area contributed by atoms with Crippen LogP contribution >= 0.6 is 11.3 Å². The Hall–Kier alpha value is -2.28. The first kappa shape index (κ1) is 17.5. The number of carbonyl (C=O) groups is 1. The highest BCUT2D eigenvalue weighted by Gasteiger charge is 2.23. The molecule has 0 unspecified atom stereocenters. The molecule has 0 saturated heterocycles. The first-order valence-electron chi connectivity index (χ1n) is 8.66. The summed E-state index contributed by atoms with van der Waals surface area (Å²) in [6.45, 7) is 6.61. The number of fused-ring (bicyclic) bond motifs is 1. The van der Waals surface area contributed by atoms with Crippen molar-refractivity contribution in [1.29, 1.82) is 0 Å². The summed E-state index contributed by atoms with van der Waals surface area (Å²) in [5.41, 5.74) is 1.95. The van der Waals surface area contributed by atoms with E-state index in [2.05, 4.69) is 32.0 Å². The zero-order chi connectivity index (χ0) is 17.8. The molecule has 1 amide bonds. The third-order valence-electron chi connectivity index (χ3n) is 4.19. The quantitative estimate of drug-likeness (QED) is 0.705. The lowest BCUT2D eigenvalue weighted by atomic mass is 10.2. The van der Waals surface area contributed by atoms with Crippen LogP contribution in [-0.4, -0.2) is 32.2 Å². The summed E-state index contributed by atoms with van der Waals surface area (Å²) in [4.78, 5) is 17.5. The van der Waals surface area contributed by atoms with Crippen LogP contribution in [0.15, 0.2) is 24.3 Å². The van der Waals surface area contributed by atoms with Crippen molar-refractivity contribution in [2.45, 2.75) is 46.1 Å². The maximum Gasteiger partial charge on any atom is 0.243 e. The average molecular weight is 357 g/mol. The van der Waals surface area contributed by atoms with E-state index in [0.29, 0.717) is 13.0 Å². The molecule has 2 aromatic heterocycles. The fourth-order valence-electron chi connectivity index (χ4n) is 3.03. The molecular weight excluding hydrogens is 334 g/mol. The highest BCUT2D eigenvalue weighted by molar-refractivity contribution is 7.11. The molecule has 0 saturated carbocycles. The normalized spacial score (nSPS) is 12.4. The van der Waals surface area contributed by atoms with Crippen LogP contribution in [0.2, 0.25) is 0 Å². The molecule has 2 heterocycles. The fraction of sp³-hybridized carbons (Fsp3) is 0.444. The van der Waals surface area contributed by atoms with Gasteiger partial charge in [-0.1, -0.05) is 26.0 Å². The molecule has 7 heteroatoms. The summed E-state index contributed by atoms with van der Waals surface area (Å²) in [6.07, 6.45) is 2.22. The van der Waals surface area contributed by atoms with Gasteiger partial charge in [-0.05, 0) is 25.5 Å². The molecule has 25 heavy (non-hydrogen) atoms. The summed E-state index contributed by atoms with van der Waals surface area (Å²) < 4.78 is 2.08. The Morgan fingerprint density at radius 1 is 1.28 bits per heavy atom. The minimum absolute atomic E-state index is 0.0293. The SMILES string of the molecule is CCc1nc2ccccc2n1[C@@H](CC)C(=O)NCCc1nnc(C)s1. The van der Waals surface area contributed by atoms with Crippen molar-refractivity contribution in [3.63, 3.8) is 0 Å². The Balaban J connectivity index is 1.76. The Morgan fingerprint density at radius 2 is 2.08 bits per heavy atom. The van der Waals surface area contributed by atoms with Gasteiger partial charge in [0.25, 0.3) is 0 Å². The second kappa shape index (κ2) is 7.74. The lowest BCUT2D eigenvalue weighted by molar-refractivity contribution is -0.124. The number of benzene rings is 1. The number of amides is 1. The lowest BCUT2D eigenvalue weighted by Gasteiger charge is -2.19. The van der Waals surface area contributed by atoms with Gasteiger partial charge in [-0.3, -0.25) is 4.79 Å². The second-order valence-corrected chi connectivity index (χ2v) is 7.19. The van der Waals surface area contributed by atoms with Crippen LogP contribution in [0.5, 0.6) is 0 Å². The van der Waals surface area contributed by atoms with E-state index < -0.39 is 0 Å². The molecule has 132 valence electrons. The van der Waals surface area contributed by atoms with E-state index in [1.165, 1.54) is 0 Å². The van der Waals surface area contributed by atoms with Gasteiger partial charge in [-0.15, -0.1) is 21.5 Å². The lowest BCUT2D eigenvalue weighted by Crippen LogP contribution is -2.34. The van der Waals surface area contributed by atoms with Crippen molar-refractivity contribution >= 4 is 28.3 Å². The zero-order valence-corrected chi connectivity index (χ0v) is 15.6. The Bertz CT molecular complexity index is 869. The molecule has 0 bridgehead atoms. The van der Waals surface area contributed by atoms with Gasteiger partial charge in [0.05, 0.1) is 11.0 Å². The van der Waals surface area contributed by atoms with Gasteiger partial charge in [0.15, 0.2) is 0 Å². The molecule has 1 aromatic carbocycles. The van der Waals surface area contributed by atoms with Gasteiger partial charge < -0.3 is 9.88 Å². The summed E-state index contributed by atoms with van der Waals surface area (Å²) in [5.74, 6) is 0.976. The summed E-state index contributed by atoms with van der Waals surface area (Å²) in [6, 6.07) is 7.74. The number of rotatable bonds is 7. The molecule has 0 aliphatic carbocycles. The second-order valence-electron chi connectivity index (χ2n) is 5.92. The Labute approximate surface area is 151 Å². The van der Waals surface area contributed by atoms with Crippen molar-refractivity contribution < 1.29 is 4.79 Å². The number of para-hydroxylation sites is 2. The van der Waals surface area contributed by atoms with Gasteiger partial charge in [0.1, 0.15) is 21.9 Å². The Kier molecular flexibility index (Phi) is 5.43. The number of nitrogens with one attached hydrogen (secondary N) is 1. The predicted octanol–water partition coefficient (Wildman–Crippen LogP) is 3.07. The van der Waals surface area contributed by atoms with Crippen LogP contribution < -0.4 is 5.32 Å². The number of hydrogen-bond donors (Lipinski definition) is 1. The van der Waals surface area contributed by atoms with E-state index in [9.17, 15) is 4.79 Å². The van der Waals surface area contributed by atoms with Gasteiger partial charge in [0.2, 0.25) is 5.91 Å². The molecule has 1 atom stereocenters. The first-order valence-corrected chi connectivity index (χ1v) is 9.48. The number of aromatic nitrogens is 4. The monoisotopic (exact) mass is 357 g/mol. The zero-order valence-electron chi connectivity index (χ0n) is 14.8. The van der Waals surface area contributed by atoms with E-state index >= 15 is 0 Å². The van der Waals surface area contributed by atoms with Gasteiger partial charge in [-0.25, -0.2) is 4.98 Å². The molecule has 3 rings (SSSR count). The molecule has 0 spiro atoms. The fourth-order valence-corrected chi connectivity index (χ4v) is 3.73. The number of aryl methyl sites for hydroxylation is 2. The topological polar surface area (TPSA) is 72.7 Å². The summed E-state index contributed by atoms with van der Waals surface area (Å²) in [5, 5.41) is 13.1. The van der Waals surface area contributed by atoms with E-state index in [1.807, 2.05) is 38.1 Å². The predicted molar refractivity (Wildman–Crippen MR) is 99.8 cm³/mol. The minimum Gasteiger partial charge on any atom is -0.354 e. The summed E-state index contributed by atoms with van der Waals surface area (Å²) in [7, 11) is 0. The number of hydrogen-bond acceptors (Lipinski definition) is 5. The largest absolute Gasteiger partial charge is 0.354 e. The van der Waals surface area contributed by atoms with Crippen molar-refractivity contribution in [3.8, 4) is 0 Å². The molecule has 0 fully saturated rings. The number of nitrogens with zero attached hydrogens (tertiary/aromatic N) is 4. The molecular formula is C18H23N5OS. The van der Waals surface area contributed by atoms with Crippen LogP contribution in [0.1, 0.15) is 42.1 Å². The third kappa shape index (κ3) is 3.71. The van der Waals surface area contributed by atoms with Crippen LogP contribution in [0.3, 0.4) is 0 Å². The number of carbonyl (C=O) groups excluding carboxylic acids is 1. The van der Waals surface area contributed by atoms with E-state index in [1.54, 1.807) is 11.3 Å². The smallest absolute Gasteiger partial charge is 0.243 e. The standard InChI is InChI=1S/C18H23N5OS/c1-4-14(18(24)19-11-10-17-22-21-12(3)25-17)23-15-9-7-6-8-13(15)20-16(23)5-2/h6-9,14H,4-5,10-11H2,1-3H3,(H,19,24)/t14-/m0/s1. The third-order valence-corrected chi connectivity index (χ3v) is 5.09. The van der Waals surface area contributed by atoms with Crippen LogP contribution in [-0.2, 0) is 17.6 Å². The van der Waals surface area contributed by atoms with Gasteiger partial charge in [0, 0.05) is 19.4 Å². The van der Waals surface area contributed by atoms with E-state index in [0.717, 1.165) is 39.7 Å². The molecule has 6 nitrogen and oxygen atoms in total. The minimum atomic E-state index is -0.251.